The van der Waals surface area contributed by atoms with Crippen LogP contribution in [0.1, 0.15) is 17.2 Å². The van der Waals surface area contributed by atoms with Gasteiger partial charge in [0, 0.05) is 17.3 Å². The molecule has 1 amide bonds. The molecule has 3 aromatic carbocycles. The number of aliphatic hydroxyl groups is 1. The molecule has 1 heterocycles. The molecule has 0 aromatic heterocycles. The summed E-state index contributed by atoms with van der Waals surface area (Å²) < 4.78 is 46.1. The summed E-state index contributed by atoms with van der Waals surface area (Å²) in [5, 5.41) is 11.1. The number of hydrogen-bond acceptors (Lipinski definition) is 4. The summed E-state index contributed by atoms with van der Waals surface area (Å²) >= 11 is 12.3. The topological polar surface area (TPSA) is 66.8 Å². The maximum Gasteiger partial charge on any atom is 0.300 e. The van der Waals surface area contributed by atoms with E-state index in [2.05, 4.69) is 0 Å². The van der Waals surface area contributed by atoms with Crippen LogP contribution in [0.25, 0.3) is 5.76 Å². The molecule has 0 saturated carbocycles. The Morgan fingerprint density at radius 2 is 1.56 bits per heavy atom. The number of rotatable bonds is 4. The Labute approximate surface area is 201 Å². The van der Waals surface area contributed by atoms with Crippen LogP contribution in [0.2, 0.25) is 10.0 Å². The second-order valence-corrected chi connectivity index (χ2v) is 8.11. The van der Waals surface area contributed by atoms with E-state index in [-0.39, 0.29) is 38.2 Å². The molecule has 0 aliphatic carbocycles. The van der Waals surface area contributed by atoms with E-state index in [0.29, 0.717) is 0 Å². The van der Waals surface area contributed by atoms with E-state index in [0.717, 1.165) is 35.2 Å². The Morgan fingerprint density at radius 3 is 2.12 bits per heavy atom. The smallest absolute Gasteiger partial charge is 0.300 e. The maximum absolute atomic E-state index is 14.0. The molecule has 1 N–H and O–H groups in total. The molecule has 0 bridgehead atoms. The Kier molecular flexibility index (Phi) is 6.29. The van der Waals surface area contributed by atoms with E-state index in [4.69, 9.17) is 27.9 Å². The third kappa shape index (κ3) is 3.99. The van der Waals surface area contributed by atoms with Gasteiger partial charge in [-0.3, -0.25) is 14.5 Å². The fourth-order valence-electron chi connectivity index (χ4n) is 3.74. The van der Waals surface area contributed by atoms with Gasteiger partial charge in [0.05, 0.1) is 28.8 Å². The van der Waals surface area contributed by atoms with Gasteiger partial charge in [-0.1, -0.05) is 35.3 Å². The van der Waals surface area contributed by atoms with Crippen molar-refractivity contribution >= 4 is 46.3 Å². The first kappa shape index (κ1) is 23.7. The molecule has 0 spiro atoms. The van der Waals surface area contributed by atoms with Crippen LogP contribution in [-0.4, -0.2) is 23.9 Å². The number of Topliss-reactive ketones (excluding diaryl/α,β-unsaturated/α-hetero) is 1. The Hall–Kier alpha value is -3.49. The molecule has 1 unspecified atom stereocenters. The lowest BCUT2D eigenvalue weighted by Gasteiger charge is -2.25. The number of ketones is 1. The summed E-state index contributed by atoms with van der Waals surface area (Å²) in [5.74, 6) is -5.66. The molecular formula is C24H14Cl2F3NO4. The van der Waals surface area contributed by atoms with Gasteiger partial charge < -0.3 is 9.84 Å². The van der Waals surface area contributed by atoms with Gasteiger partial charge in [-0.2, -0.15) is 0 Å². The molecule has 34 heavy (non-hydrogen) atoms. The zero-order valence-corrected chi connectivity index (χ0v) is 18.8. The first-order valence-corrected chi connectivity index (χ1v) is 10.4. The van der Waals surface area contributed by atoms with Crippen LogP contribution < -0.4 is 9.64 Å². The summed E-state index contributed by atoms with van der Waals surface area (Å²) in [6.07, 6.45) is 0. The van der Waals surface area contributed by atoms with Crippen LogP contribution in [0.5, 0.6) is 5.75 Å². The monoisotopic (exact) mass is 507 g/mol. The highest BCUT2D eigenvalue weighted by molar-refractivity contribution is 6.51. The van der Waals surface area contributed by atoms with Crippen LogP contribution in [0.4, 0.5) is 18.9 Å². The van der Waals surface area contributed by atoms with Crippen molar-refractivity contribution < 1.29 is 32.6 Å². The Bertz CT molecular complexity index is 1340. The highest BCUT2D eigenvalue weighted by Gasteiger charge is 2.47. The predicted molar refractivity (Wildman–Crippen MR) is 121 cm³/mol. The molecule has 1 fully saturated rings. The van der Waals surface area contributed by atoms with Crippen molar-refractivity contribution in [2.24, 2.45) is 0 Å². The van der Waals surface area contributed by atoms with E-state index in [9.17, 15) is 27.9 Å². The summed E-state index contributed by atoms with van der Waals surface area (Å²) in [6.45, 7) is 0. The minimum atomic E-state index is -1.29. The number of methoxy groups -OCH3 is 1. The number of aliphatic hydroxyl groups excluding tert-OH is 1. The fraction of sp³-hybridized carbons (Fsp3) is 0.0833. The van der Waals surface area contributed by atoms with E-state index in [1.54, 1.807) is 0 Å². The Balaban J connectivity index is 1.97. The quantitative estimate of drug-likeness (QED) is 0.265. The van der Waals surface area contributed by atoms with Crippen molar-refractivity contribution in [3.8, 4) is 5.75 Å². The van der Waals surface area contributed by atoms with Gasteiger partial charge in [0.15, 0.2) is 17.4 Å². The zero-order chi connectivity index (χ0) is 24.7. The molecule has 10 heteroatoms. The highest BCUT2D eigenvalue weighted by atomic mass is 35.5. The lowest BCUT2D eigenvalue weighted by molar-refractivity contribution is -0.132. The van der Waals surface area contributed by atoms with Crippen molar-refractivity contribution in [2.75, 3.05) is 12.0 Å². The van der Waals surface area contributed by atoms with Crippen LogP contribution in [0.3, 0.4) is 0 Å². The van der Waals surface area contributed by atoms with E-state index in [1.807, 2.05) is 0 Å². The van der Waals surface area contributed by atoms with Gasteiger partial charge in [0.25, 0.3) is 11.7 Å². The van der Waals surface area contributed by atoms with Gasteiger partial charge in [-0.25, -0.2) is 13.2 Å². The van der Waals surface area contributed by atoms with E-state index < -0.39 is 40.9 Å². The third-order valence-electron chi connectivity index (χ3n) is 5.29. The first-order valence-electron chi connectivity index (χ1n) is 9.69. The second kappa shape index (κ2) is 9.04. The number of amides is 1. The van der Waals surface area contributed by atoms with Crippen molar-refractivity contribution in [1.29, 1.82) is 0 Å². The van der Waals surface area contributed by atoms with Gasteiger partial charge >= 0.3 is 0 Å². The summed E-state index contributed by atoms with van der Waals surface area (Å²) in [4.78, 5) is 27.0. The minimum Gasteiger partial charge on any atom is -0.507 e. The zero-order valence-electron chi connectivity index (χ0n) is 17.3. The second-order valence-electron chi connectivity index (χ2n) is 7.29. The third-order valence-corrected chi connectivity index (χ3v) is 5.85. The summed E-state index contributed by atoms with van der Waals surface area (Å²) in [7, 11) is 1.34. The average Bonchev–Trinajstić information content (AvgIpc) is 3.06. The van der Waals surface area contributed by atoms with Crippen molar-refractivity contribution in [3.05, 3.63) is 98.8 Å². The van der Waals surface area contributed by atoms with Crippen LogP contribution in [0, 0.1) is 17.5 Å². The number of ether oxygens (including phenoxy) is 1. The van der Waals surface area contributed by atoms with Crippen molar-refractivity contribution in [1.82, 2.24) is 0 Å². The van der Waals surface area contributed by atoms with Gasteiger partial charge in [0.1, 0.15) is 11.6 Å². The van der Waals surface area contributed by atoms with Crippen LogP contribution in [0.15, 0.2) is 60.2 Å². The number of nitrogens with zero attached hydrogens (tertiary/aromatic N) is 1. The maximum atomic E-state index is 14.0. The summed E-state index contributed by atoms with van der Waals surface area (Å²) in [6, 6.07) is 8.76. The molecule has 5 nitrogen and oxygen atoms in total. The number of anilines is 1. The minimum absolute atomic E-state index is 0.00574. The van der Waals surface area contributed by atoms with Crippen LogP contribution in [-0.2, 0) is 9.59 Å². The molecule has 1 saturated heterocycles. The molecule has 1 atom stereocenters. The lowest BCUT2D eigenvalue weighted by Crippen LogP contribution is -2.29. The standard InChI is InChI=1S/C24H14Cl2F3NO4/c1-34-23-15(25)8-12(9-16(23)26)21(31)19-20(11-2-4-13(27)5-3-11)30(24(33)22(19)32)14-6-7-17(28)18(29)10-14/h2-10,20,31H,1H3/b21-19+. The average molecular weight is 508 g/mol. The molecule has 1 aliphatic heterocycles. The molecular weight excluding hydrogens is 494 g/mol. The largest absolute Gasteiger partial charge is 0.507 e. The van der Waals surface area contributed by atoms with Gasteiger partial charge in [-0.05, 0) is 42.0 Å². The molecule has 3 aromatic rings. The first-order chi connectivity index (χ1) is 16.1. The predicted octanol–water partition coefficient (Wildman–Crippen LogP) is 6.05. The molecule has 0 radical (unpaired) electrons. The van der Waals surface area contributed by atoms with Crippen molar-refractivity contribution in [2.45, 2.75) is 6.04 Å². The summed E-state index contributed by atoms with van der Waals surface area (Å²) in [5.41, 5.74) is -0.275. The lowest BCUT2D eigenvalue weighted by atomic mass is 9.95. The molecule has 4 rings (SSSR count). The van der Waals surface area contributed by atoms with E-state index in [1.165, 1.54) is 31.4 Å². The fourth-order valence-corrected chi connectivity index (χ4v) is 4.38. The Morgan fingerprint density at radius 1 is 0.941 bits per heavy atom. The SMILES string of the molecule is COc1c(Cl)cc(/C(O)=C2\C(=O)C(=O)N(c3ccc(F)c(F)c3)C2c2ccc(F)cc2)cc1Cl. The number of hydrogen-bond donors (Lipinski definition) is 1. The number of halogens is 5. The molecule has 174 valence electrons. The number of carbonyl (C=O) groups excluding carboxylic acids is 2. The normalized spacial score (nSPS) is 17.4. The van der Waals surface area contributed by atoms with Crippen LogP contribution >= 0.6 is 23.2 Å². The number of carbonyl (C=O) groups is 2. The van der Waals surface area contributed by atoms with Gasteiger partial charge in [0.2, 0.25) is 0 Å². The van der Waals surface area contributed by atoms with E-state index >= 15 is 0 Å². The van der Waals surface area contributed by atoms with Gasteiger partial charge in [-0.15, -0.1) is 0 Å². The molecule has 1 aliphatic rings. The highest BCUT2D eigenvalue weighted by Crippen LogP contribution is 2.44. The van der Waals surface area contributed by atoms with Crippen molar-refractivity contribution in [3.63, 3.8) is 0 Å². The number of benzene rings is 3.